The van der Waals surface area contributed by atoms with Crippen LogP contribution in [0, 0.1) is 0 Å². The van der Waals surface area contributed by atoms with Gasteiger partial charge in [-0.2, -0.15) is 0 Å². The third kappa shape index (κ3) is 32.4. The lowest BCUT2D eigenvalue weighted by Crippen LogP contribution is -1.88. The first-order valence-electron chi connectivity index (χ1n) is 15.5. The standard InChI is InChI=1S/3C10H18.C4H6O2/c3*1-2-4-6-8-10-9-7-5-3-1;1-2-3-4(5)6/h3*1-2H,3-10H2;2H,1,3H2,(H,5,6). The number of hydrogen-bond donors (Lipinski definition) is 1. The molecule has 0 radical (unpaired) electrons. The zero-order chi connectivity index (χ0) is 26.2. The molecule has 0 saturated heterocycles. The molecule has 0 unspecified atom stereocenters. The maximum Gasteiger partial charge on any atom is 0.307 e. The van der Waals surface area contributed by atoms with Gasteiger partial charge in [0.15, 0.2) is 0 Å². The summed E-state index contributed by atoms with van der Waals surface area (Å²) in [5, 5.41) is 7.84. The zero-order valence-electron chi connectivity index (χ0n) is 23.8. The van der Waals surface area contributed by atoms with E-state index in [-0.39, 0.29) is 6.42 Å². The van der Waals surface area contributed by atoms with Crippen LogP contribution in [0.2, 0.25) is 0 Å². The Morgan fingerprint density at radius 3 is 0.806 bits per heavy atom. The van der Waals surface area contributed by atoms with E-state index in [4.69, 9.17) is 5.11 Å². The molecular weight excluding hydrogens is 440 g/mol. The number of carboxylic acid groups (broad SMARTS) is 1. The van der Waals surface area contributed by atoms with Gasteiger partial charge in [0.2, 0.25) is 0 Å². The summed E-state index contributed by atoms with van der Waals surface area (Å²) in [6, 6.07) is 0. The quantitative estimate of drug-likeness (QED) is 0.383. The number of rotatable bonds is 2. The molecule has 3 aliphatic rings. The van der Waals surface area contributed by atoms with Crippen LogP contribution in [0.3, 0.4) is 0 Å². The van der Waals surface area contributed by atoms with Gasteiger partial charge in [-0.05, 0) is 77.0 Å². The molecule has 36 heavy (non-hydrogen) atoms. The number of aliphatic carboxylic acids is 1. The number of allylic oxidation sites excluding steroid dienone is 6. The van der Waals surface area contributed by atoms with Crippen molar-refractivity contribution in [1.29, 1.82) is 0 Å². The molecule has 2 heteroatoms. The molecule has 0 aromatic rings. The minimum Gasteiger partial charge on any atom is -0.481 e. The van der Waals surface area contributed by atoms with Gasteiger partial charge in [0, 0.05) is 0 Å². The summed E-state index contributed by atoms with van der Waals surface area (Å²) in [5.41, 5.74) is 0. The maximum absolute atomic E-state index is 9.53. The summed E-state index contributed by atoms with van der Waals surface area (Å²) in [4.78, 5) is 9.53. The minimum atomic E-state index is -0.829. The average molecular weight is 501 g/mol. The highest BCUT2D eigenvalue weighted by Gasteiger charge is 1.93. The zero-order valence-corrected chi connectivity index (χ0v) is 23.8. The summed E-state index contributed by atoms with van der Waals surface area (Å²) >= 11 is 0. The van der Waals surface area contributed by atoms with E-state index < -0.39 is 5.97 Å². The van der Waals surface area contributed by atoms with Crippen molar-refractivity contribution in [2.45, 2.75) is 161 Å². The van der Waals surface area contributed by atoms with Crippen LogP contribution in [0.4, 0.5) is 0 Å². The summed E-state index contributed by atoms with van der Waals surface area (Å²) in [6.45, 7) is 3.22. The summed E-state index contributed by atoms with van der Waals surface area (Å²) < 4.78 is 0. The maximum atomic E-state index is 9.53. The molecule has 1 N–H and O–H groups in total. The van der Waals surface area contributed by atoms with Gasteiger partial charge in [-0.25, -0.2) is 0 Å². The summed E-state index contributed by atoms with van der Waals surface area (Å²) in [5.74, 6) is -0.829. The summed E-state index contributed by atoms with van der Waals surface area (Å²) in [7, 11) is 0. The molecule has 3 aliphatic carbocycles. The Hall–Kier alpha value is -1.57. The lowest BCUT2D eigenvalue weighted by Gasteiger charge is -2.01. The molecule has 0 fully saturated rings. The predicted molar refractivity (Wildman–Crippen MR) is 161 cm³/mol. The van der Waals surface area contributed by atoms with E-state index in [9.17, 15) is 4.79 Å². The van der Waals surface area contributed by atoms with E-state index in [1.165, 1.54) is 160 Å². The second-order valence-electron chi connectivity index (χ2n) is 10.4. The number of hydrogen-bond acceptors (Lipinski definition) is 1. The van der Waals surface area contributed by atoms with Gasteiger partial charge in [-0.15, -0.1) is 6.58 Å². The van der Waals surface area contributed by atoms with Crippen molar-refractivity contribution in [1.82, 2.24) is 0 Å². The van der Waals surface area contributed by atoms with E-state index in [1.54, 1.807) is 0 Å². The molecule has 2 nitrogen and oxygen atoms in total. The molecule has 0 aromatic heterocycles. The lowest BCUT2D eigenvalue weighted by atomic mass is 10.1. The monoisotopic (exact) mass is 500 g/mol. The fourth-order valence-electron chi connectivity index (χ4n) is 4.53. The summed E-state index contributed by atoms with van der Waals surface area (Å²) in [6.07, 6.45) is 49.4. The molecule has 0 bridgehead atoms. The van der Waals surface area contributed by atoms with E-state index in [1.807, 2.05) is 0 Å². The Balaban J connectivity index is 0.000000462. The third-order valence-electron chi connectivity index (χ3n) is 6.79. The van der Waals surface area contributed by atoms with E-state index in [0.29, 0.717) is 0 Å². The third-order valence-corrected chi connectivity index (χ3v) is 6.79. The highest BCUT2D eigenvalue weighted by molar-refractivity contribution is 5.68. The molecule has 0 aliphatic heterocycles. The van der Waals surface area contributed by atoms with Gasteiger partial charge < -0.3 is 5.11 Å². The van der Waals surface area contributed by atoms with Crippen molar-refractivity contribution in [2.24, 2.45) is 0 Å². The van der Waals surface area contributed by atoms with Gasteiger partial charge in [0.1, 0.15) is 0 Å². The highest BCUT2D eigenvalue weighted by Crippen LogP contribution is 2.13. The predicted octanol–water partition coefficient (Wildman–Crippen LogP) is 11.7. The van der Waals surface area contributed by atoms with Crippen molar-refractivity contribution >= 4 is 5.97 Å². The number of carboxylic acids is 1. The Bertz CT molecular complexity index is 446. The van der Waals surface area contributed by atoms with Crippen LogP contribution >= 0.6 is 0 Å². The molecule has 0 amide bonds. The topological polar surface area (TPSA) is 37.3 Å². The Morgan fingerprint density at radius 1 is 0.472 bits per heavy atom. The minimum absolute atomic E-state index is 0.0556. The largest absolute Gasteiger partial charge is 0.481 e. The second kappa shape index (κ2) is 31.5. The van der Waals surface area contributed by atoms with Crippen LogP contribution in [-0.4, -0.2) is 11.1 Å². The Kier molecular flexibility index (Phi) is 30.1. The highest BCUT2D eigenvalue weighted by atomic mass is 16.4. The van der Waals surface area contributed by atoms with Gasteiger partial charge in [-0.1, -0.05) is 120 Å². The molecule has 0 atom stereocenters. The van der Waals surface area contributed by atoms with Crippen molar-refractivity contribution in [3.05, 3.63) is 49.1 Å². The molecule has 0 aromatic carbocycles. The van der Waals surface area contributed by atoms with E-state index >= 15 is 0 Å². The Labute approximate surface area is 225 Å². The van der Waals surface area contributed by atoms with Crippen molar-refractivity contribution in [3.63, 3.8) is 0 Å². The average Bonchev–Trinajstić information content (AvgIpc) is 2.91. The van der Waals surface area contributed by atoms with Crippen molar-refractivity contribution < 1.29 is 9.90 Å². The molecular formula is C34H60O2. The SMILES string of the molecule is C1=CCCCCCCCC1.C1=CCCCCCCCC1.C1=CCCCCCCCC1.C=CCC(=O)O. The first-order chi connectivity index (χ1) is 17.8. The van der Waals surface area contributed by atoms with Gasteiger partial charge >= 0.3 is 5.97 Å². The lowest BCUT2D eigenvalue weighted by molar-refractivity contribution is -0.135. The first kappa shape index (κ1) is 34.4. The normalized spacial score (nSPS) is 19.9. The van der Waals surface area contributed by atoms with Gasteiger partial charge in [0.25, 0.3) is 0 Å². The molecule has 3 rings (SSSR count). The number of carbonyl (C=O) groups is 1. The van der Waals surface area contributed by atoms with Crippen LogP contribution in [0.5, 0.6) is 0 Å². The van der Waals surface area contributed by atoms with Gasteiger partial charge in [0.05, 0.1) is 6.42 Å². The molecule has 208 valence electrons. The molecule has 0 saturated carbocycles. The Morgan fingerprint density at radius 2 is 0.667 bits per heavy atom. The van der Waals surface area contributed by atoms with Crippen LogP contribution in [0.1, 0.15) is 161 Å². The fraction of sp³-hybridized carbons (Fsp3) is 0.735. The van der Waals surface area contributed by atoms with Crippen LogP contribution in [-0.2, 0) is 4.79 Å². The van der Waals surface area contributed by atoms with Crippen molar-refractivity contribution in [3.8, 4) is 0 Å². The fourth-order valence-corrected chi connectivity index (χ4v) is 4.53. The van der Waals surface area contributed by atoms with Gasteiger partial charge in [-0.3, -0.25) is 4.79 Å². The molecule has 0 heterocycles. The smallest absolute Gasteiger partial charge is 0.307 e. The van der Waals surface area contributed by atoms with Crippen LogP contribution in [0.15, 0.2) is 49.1 Å². The van der Waals surface area contributed by atoms with E-state index in [0.717, 1.165) is 0 Å². The van der Waals surface area contributed by atoms with Crippen LogP contribution in [0.25, 0.3) is 0 Å². The van der Waals surface area contributed by atoms with Crippen molar-refractivity contribution in [2.75, 3.05) is 0 Å². The van der Waals surface area contributed by atoms with E-state index in [2.05, 4.69) is 43.0 Å². The second-order valence-corrected chi connectivity index (χ2v) is 10.4. The first-order valence-corrected chi connectivity index (χ1v) is 15.5. The van der Waals surface area contributed by atoms with Crippen LogP contribution < -0.4 is 0 Å². The molecule has 0 spiro atoms.